The molecule has 1 saturated heterocycles. The van der Waals surface area contributed by atoms with Crippen molar-refractivity contribution >= 4 is 23.0 Å². The second-order valence-electron chi connectivity index (χ2n) is 7.48. The minimum Gasteiger partial charge on any atom is -0.497 e. The third kappa shape index (κ3) is 5.46. The Balaban J connectivity index is 1.48. The first kappa shape index (κ1) is 20.6. The number of piperazine rings is 1. The fraction of sp³-hybridized carbons (Fsp3) is 0.435. The quantitative estimate of drug-likeness (QED) is 0.712. The number of benzene rings is 2. The molecule has 4 nitrogen and oxygen atoms in total. The number of rotatable bonds is 6. The molecule has 0 unspecified atom stereocenters. The number of anilines is 1. The maximum atomic E-state index is 5.64. The normalized spacial score (nSPS) is 15.9. The summed E-state index contributed by atoms with van der Waals surface area (Å²) in [6, 6.07) is 17.0. The summed E-state index contributed by atoms with van der Waals surface area (Å²) in [5.74, 6) is 1.51. The molecule has 1 atom stereocenters. The van der Waals surface area contributed by atoms with Crippen LogP contribution in [0.15, 0.2) is 48.5 Å². The van der Waals surface area contributed by atoms with Gasteiger partial charge in [0.05, 0.1) is 7.11 Å². The van der Waals surface area contributed by atoms with Crippen molar-refractivity contribution in [3.8, 4) is 5.75 Å². The molecule has 28 heavy (non-hydrogen) atoms. The number of methoxy groups -OCH3 is 1. The SMILES string of the molecule is CC[C@H](C)c1ccc(NC(=S)N2CCN(Cc3cccc(OC)c3)CC2)cc1. The van der Waals surface area contributed by atoms with Gasteiger partial charge < -0.3 is 15.0 Å². The number of hydrogen-bond acceptors (Lipinski definition) is 3. The van der Waals surface area contributed by atoms with Crippen LogP contribution in [0.4, 0.5) is 5.69 Å². The van der Waals surface area contributed by atoms with Crippen molar-refractivity contribution in [3.05, 3.63) is 59.7 Å². The van der Waals surface area contributed by atoms with E-state index in [0.717, 1.165) is 55.7 Å². The molecule has 0 amide bonds. The van der Waals surface area contributed by atoms with E-state index in [1.54, 1.807) is 7.11 Å². The molecule has 0 radical (unpaired) electrons. The Morgan fingerprint density at radius 3 is 2.46 bits per heavy atom. The summed E-state index contributed by atoms with van der Waals surface area (Å²) >= 11 is 5.64. The predicted molar refractivity (Wildman–Crippen MR) is 121 cm³/mol. The molecule has 150 valence electrons. The Labute approximate surface area is 174 Å². The minimum atomic E-state index is 0.596. The first-order chi connectivity index (χ1) is 13.6. The van der Waals surface area contributed by atoms with Gasteiger partial charge in [0.15, 0.2) is 5.11 Å². The largest absolute Gasteiger partial charge is 0.497 e. The summed E-state index contributed by atoms with van der Waals surface area (Å²) in [5.41, 5.74) is 3.73. The van der Waals surface area contributed by atoms with Crippen molar-refractivity contribution in [1.82, 2.24) is 9.80 Å². The predicted octanol–water partition coefficient (Wildman–Crippen LogP) is 4.72. The van der Waals surface area contributed by atoms with Crippen molar-refractivity contribution < 1.29 is 4.74 Å². The third-order valence-corrected chi connectivity index (χ3v) is 5.90. The summed E-state index contributed by atoms with van der Waals surface area (Å²) in [5, 5.41) is 4.21. The van der Waals surface area contributed by atoms with E-state index in [2.05, 4.69) is 71.4 Å². The molecule has 0 aliphatic carbocycles. The van der Waals surface area contributed by atoms with Gasteiger partial charge in [-0.05, 0) is 59.9 Å². The van der Waals surface area contributed by atoms with Crippen LogP contribution in [0.5, 0.6) is 5.75 Å². The van der Waals surface area contributed by atoms with Gasteiger partial charge in [-0.15, -0.1) is 0 Å². The van der Waals surface area contributed by atoms with Gasteiger partial charge in [-0.25, -0.2) is 0 Å². The number of nitrogens with one attached hydrogen (secondary N) is 1. The molecule has 5 heteroatoms. The van der Waals surface area contributed by atoms with Crippen LogP contribution in [0.25, 0.3) is 0 Å². The standard InChI is InChI=1S/C23H31N3OS/c1-4-18(2)20-8-10-21(11-9-20)24-23(28)26-14-12-25(13-15-26)17-19-6-5-7-22(16-19)27-3/h5-11,16,18H,4,12-15,17H2,1-3H3,(H,24,28)/t18-/m0/s1. The van der Waals surface area contributed by atoms with Crippen LogP contribution in [0.1, 0.15) is 37.3 Å². The van der Waals surface area contributed by atoms with E-state index in [1.807, 2.05) is 6.07 Å². The first-order valence-electron chi connectivity index (χ1n) is 10.1. The average Bonchev–Trinajstić information content (AvgIpc) is 2.74. The summed E-state index contributed by atoms with van der Waals surface area (Å²) in [6.07, 6.45) is 1.16. The minimum absolute atomic E-state index is 0.596. The van der Waals surface area contributed by atoms with Crippen LogP contribution >= 0.6 is 12.2 Å². The third-order valence-electron chi connectivity index (χ3n) is 5.54. The van der Waals surface area contributed by atoms with Gasteiger partial charge in [0.25, 0.3) is 0 Å². The van der Waals surface area contributed by atoms with E-state index >= 15 is 0 Å². The van der Waals surface area contributed by atoms with Gasteiger partial charge in [0.1, 0.15) is 5.75 Å². The molecule has 3 rings (SSSR count). The second kappa shape index (κ2) is 9.89. The molecule has 1 aliphatic rings. The Hall–Kier alpha value is -2.11. The molecule has 1 fully saturated rings. The zero-order valence-electron chi connectivity index (χ0n) is 17.1. The van der Waals surface area contributed by atoms with Gasteiger partial charge >= 0.3 is 0 Å². The van der Waals surface area contributed by atoms with Crippen molar-refractivity contribution in [1.29, 1.82) is 0 Å². The zero-order chi connectivity index (χ0) is 19.9. The Bertz CT molecular complexity index is 770. The lowest BCUT2D eigenvalue weighted by molar-refractivity contribution is 0.177. The molecular weight excluding hydrogens is 366 g/mol. The number of hydrogen-bond donors (Lipinski definition) is 1. The van der Waals surface area contributed by atoms with E-state index in [-0.39, 0.29) is 0 Å². The van der Waals surface area contributed by atoms with Gasteiger partial charge in [0, 0.05) is 38.4 Å². The molecule has 2 aromatic carbocycles. The highest BCUT2D eigenvalue weighted by molar-refractivity contribution is 7.80. The van der Waals surface area contributed by atoms with Crippen LogP contribution < -0.4 is 10.1 Å². The molecular formula is C23H31N3OS. The highest BCUT2D eigenvalue weighted by Crippen LogP contribution is 2.21. The van der Waals surface area contributed by atoms with Gasteiger partial charge in [-0.2, -0.15) is 0 Å². The number of ether oxygens (including phenoxy) is 1. The van der Waals surface area contributed by atoms with Crippen LogP contribution in [0, 0.1) is 0 Å². The van der Waals surface area contributed by atoms with E-state index in [4.69, 9.17) is 17.0 Å². The zero-order valence-corrected chi connectivity index (χ0v) is 18.0. The topological polar surface area (TPSA) is 27.7 Å². The van der Waals surface area contributed by atoms with Crippen LogP contribution in [-0.2, 0) is 6.54 Å². The average molecular weight is 398 g/mol. The Kier molecular flexibility index (Phi) is 7.29. The Morgan fingerprint density at radius 2 is 1.82 bits per heavy atom. The van der Waals surface area contributed by atoms with Gasteiger partial charge in [0.2, 0.25) is 0 Å². The van der Waals surface area contributed by atoms with Crippen molar-refractivity contribution in [3.63, 3.8) is 0 Å². The maximum Gasteiger partial charge on any atom is 0.173 e. The van der Waals surface area contributed by atoms with E-state index in [0.29, 0.717) is 5.92 Å². The molecule has 0 saturated carbocycles. The van der Waals surface area contributed by atoms with Crippen LogP contribution in [0.2, 0.25) is 0 Å². The fourth-order valence-electron chi connectivity index (χ4n) is 3.47. The number of thiocarbonyl (C=S) groups is 1. The smallest absolute Gasteiger partial charge is 0.173 e. The van der Waals surface area contributed by atoms with Crippen molar-refractivity contribution in [2.45, 2.75) is 32.7 Å². The van der Waals surface area contributed by atoms with Gasteiger partial charge in [-0.1, -0.05) is 38.1 Å². The number of nitrogens with zero attached hydrogens (tertiary/aromatic N) is 2. The highest BCUT2D eigenvalue weighted by Gasteiger charge is 2.19. The van der Waals surface area contributed by atoms with E-state index < -0.39 is 0 Å². The monoisotopic (exact) mass is 397 g/mol. The Morgan fingerprint density at radius 1 is 1.11 bits per heavy atom. The fourth-order valence-corrected chi connectivity index (χ4v) is 3.77. The summed E-state index contributed by atoms with van der Waals surface area (Å²) in [6.45, 7) is 9.33. The molecule has 1 N–H and O–H groups in total. The molecule has 0 bridgehead atoms. The van der Waals surface area contributed by atoms with Crippen LogP contribution in [-0.4, -0.2) is 48.2 Å². The van der Waals surface area contributed by atoms with Crippen molar-refractivity contribution in [2.24, 2.45) is 0 Å². The van der Waals surface area contributed by atoms with Crippen LogP contribution in [0.3, 0.4) is 0 Å². The summed E-state index contributed by atoms with van der Waals surface area (Å²) < 4.78 is 5.32. The molecule has 2 aromatic rings. The first-order valence-corrected chi connectivity index (χ1v) is 10.5. The lowest BCUT2D eigenvalue weighted by Gasteiger charge is -2.36. The van der Waals surface area contributed by atoms with Crippen molar-refractivity contribution in [2.75, 3.05) is 38.6 Å². The molecule has 0 spiro atoms. The van der Waals surface area contributed by atoms with E-state index in [9.17, 15) is 0 Å². The molecule has 1 heterocycles. The molecule has 0 aromatic heterocycles. The lowest BCUT2D eigenvalue weighted by Crippen LogP contribution is -2.49. The van der Waals surface area contributed by atoms with E-state index in [1.165, 1.54) is 11.1 Å². The molecule has 1 aliphatic heterocycles. The summed E-state index contributed by atoms with van der Waals surface area (Å²) in [4.78, 5) is 4.73. The van der Waals surface area contributed by atoms with Gasteiger partial charge in [-0.3, -0.25) is 4.90 Å². The summed E-state index contributed by atoms with van der Waals surface area (Å²) in [7, 11) is 1.71. The second-order valence-corrected chi connectivity index (χ2v) is 7.86. The maximum absolute atomic E-state index is 5.64. The highest BCUT2D eigenvalue weighted by atomic mass is 32.1. The lowest BCUT2D eigenvalue weighted by atomic mass is 9.99.